The number of halogens is 2. The molecule has 0 aromatic heterocycles. The van der Waals surface area contributed by atoms with Gasteiger partial charge in [-0.3, -0.25) is 4.79 Å². The molecule has 1 aliphatic rings. The van der Waals surface area contributed by atoms with E-state index in [-0.39, 0.29) is 17.8 Å². The lowest BCUT2D eigenvalue weighted by Gasteiger charge is -2.35. The SMILES string of the molecule is C=C(C=O)[C@@H]1CCc2c(C)cc(OCc3ccc(F)c(Br)c3)c(C)c2[C@@H]1OC. The minimum atomic E-state index is -0.297. The molecule has 0 N–H and O–H groups in total. The van der Waals surface area contributed by atoms with E-state index in [0.717, 1.165) is 47.1 Å². The van der Waals surface area contributed by atoms with E-state index in [1.807, 2.05) is 13.0 Å². The highest BCUT2D eigenvalue weighted by Gasteiger charge is 2.34. The average Bonchev–Trinajstić information content (AvgIpc) is 2.70. The molecule has 2 atom stereocenters. The highest BCUT2D eigenvalue weighted by Crippen LogP contribution is 2.45. The molecule has 28 heavy (non-hydrogen) atoms. The Morgan fingerprint density at radius 1 is 1.36 bits per heavy atom. The Labute approximate surface area is 173 Å². The number of carbonyl (C=O) groups excluding carboxylic acids is 1. The molecule has 2 aromatic carbocycles. The van der Waals surface area contributed by atoms with Crippen molar-refractivity contribution in [3.63, 3.8) is 0 Å². The maximum absolute atomic E-state index is 13.4. The molecule has 0 aliphatic heterocycles. The molecule has 0 radical (unpaired) electrons. The minimum absolute atomic E-state index is 0.0311. The fraction of sp³-hybridized carbons (Fsp3) is 0.348. The monoisotopic (exact) mass is 446 g/mol. The Hall–Kier alpha value is -1.98. The first-order chi connectivity index (χ1) is 13.4. The van der Waals surface area contributed by atoms with Crippen molar-refractivity contribution in [3.05, 3.63) is 74.5 Å². The summed E-state index contributed by atoms with van der Waals surface area (Å²) in [6.45, 7) is 8.34. The van der Waals surface area contributed by atoms with Crippen molar-refractivity contribution in [2.45, 2.75) is 39.4 Å². The van der Waals surface area contributed by atoms with E-state index in [0.29, 0.717) is 16.7 Å². The van der Waals surface area contributed by atoms with Crippen molar-refractivity contribution in [2.24, 2.45) is 5.92 Å². The van der Waals surface area contributed by atoms with Gasteiger partial charge in [-0.2, -0.15) is 0 Å². The molecule has 148 valence electrons. The number of fused-ring (bicyclic) bond motifs is 1. The van der Waals surface area contributed by atoms with Crippen LogP contribution < -0.4 is 4.74 Å². The number of benzene rings is 2. The third-order valence-corrected chi connectivity index (χ3v) is 6.15. The van der Waals surface area contributed by atoms with Gasteiger partial charge in [0.2, 0.25) is 0 Å². The topological polar surface area (TPSA) is 35.5 Å². The first kappa shape index (κ1) is 20.7. The Morgan fingerprint density at radius 3 is 2.75 bits per heavy atom. The van der Waals surface area contributed by atoms with Crippen molar-refractivity contribution < 1.29 is 18.7 Å². The molecule has 0 saturated heterocycles. The molecule has 0 saturated carbocycles. The first-order valence-electron chi connectivity index (χ1n) is 9.23. The Balaban J connectivity index is 1.94. The van der Waals surface area contributed by atoms with Crippen LogP contribution in [0.15, 0.2) is 40.9 Å². The highest BCUT2D eigenvalue weighted by molar-refractivity contribution is 9.10. The summed E-state index contributed by atoms with van der Waals surface area (Å²) in [5.41, 5.74) is 5.95. The third kappa shape index (κ3) is 3.91. The maximum atomic E-state index is 13.4. The lowest BCUT2D eigenvalue weighted by Crippen LogP contribution is -2.26. The molecule has 0 bridgehead atoms. The number of rotatable bonds is 6. The summed E-state index contributed by atoms with van der Waals surface area (Å²) in [7, 11) is 1.67. The van der Waals surface area contributed by atoms with Crippen LogP contribution in [0.2, 0.25) is 0 Å². The fourth-order valence-corrected chi connectivity index (χ4v) is 4.45. The normalized spacial score (nSPS) is 18.5. The maximum Gasteiger partial charge on any atom is 0.145 e. The number of aryl methyl sites for hydroxylation is 1. The number of aldehydes is 1. The van der Waals surface area contributed by atoms with Gasteiger partial charge in [0.1, 0.15) is 24.5 Å². The van der Waals surface area contributed by atoms with Crippen molar-refractivity contribution in [3.8, 4) is 5.75 Å². The summed E-state index contributed by atoms with van der Waals surface area (Å²) in [6, 6.07) is 6.90. The van der Waals surface area contributed by atoms with Crippen LogP contribution in [0.5, 0.6) is 5.75 Å². The van der Waals surface area contributed by atoms with Gasteiger partial charge in [0.25, 0.3) is 0 Å². The molecule has 0 spiro atoms. The van der Waals surface area contributed by atoms with Crippen molar-refractivity contribution in [1.29, 1.82) is 0 Å². The van der Waals surface area contributed by atoms with Crippen molar-refractivity contribution in [1.82, 2.24) is 0 Å². The van der Waals surface area contributed by atoms with Gasteiger partial charge < -0.3 is 9.47 Å². The predicted octanol–water partition coefficient (Wildman–Crippen LogP) is 5.79. The third-order valence-electron chi connectivity index (χ3n) is 5.54. The summed E-state index contributed by atoms with van der Waals surface area (Å²) in [4.78, 5) is 11.3. The molecule has 0 heterocycles. The molecule has 3 nitrogen and oxygen atoms in total. The van der Waals surface area contributed by atoms with Crippen LogP contribution in [0.3, 0.4) is 0 Å². The molecule has 5 heteroatoms. The van der Waals surface area contributed by atoms with Crippen LogP contribution in [0, 0.1) is 25.6 Å². The Kier molecular flexibility index (Phi) is 6.36. The Morgan fingerprint density at radius 2 is 2.11 bits per heavy atom. The van der Waals surface area contributed by atoms with Gasteiger partial charge in [-0.25, -0.2) is 4.39 Å². The fourth-order valence-electron chi connectivity index (χ4n) is 4.02. The second-order valence-corrected chi connectivity index (χ2v) is 8.09. The molecule has 0 amide bonds. The van der Waals surface area contributed by atoms with E-state index in [1.165, 1.54) is 11.6 Å². The minimum Gasteiger partial charge on any atom is -0.489 e. The summed E-state index contributed by atoms with van der Waals surface area (Å²) in [5.74, 6) is 0.446. The summed E-state index contributed by atoms with van der Waals surface area (Å²) >= 11 is 3.21. The van der Waals surface area contributed by atoms with Crippen LogP contribution in [-0.4, -0.2) is 13.4 Å². The number of methoxy groups -OCH3 is 1. The van der Waals surface area contributed by atoms with Crippen molar-refractivity contribution >= 4 is 22.2 Å². The highest BCUT2D eigenvalue weighted by atomic mass is 79.9. The second kappa shape index (κ2) is 8.58. The van der Waals surface area contributed by atoms with E-state index >= 15 is 0 Å². The van der Waals surface area contributed by atoms with Crippen LogP contribution in [-0.2, 0) is 22.6 Å². The summed E-state index contributed by atoms with van der Waals surface area (Å²) < 4.78 is 25.8. The van der Waals surface area contributed by atoms with Gasteiger partial charge in [-0.15, -0.1) is 0 Å². The van der Waals surface area contributed by atoms with Crippen LogP contribution >= 0.6 is 15.9 Å². The average molecular weight is 447 g/mol. The Bertz CT molecular complexity index is 923. The van der Waals surface area contributed by atoms with Gasteiger partial charge in [-0.05, 0) is 94.2 Å². The van der Waals surface area contributed by atoms with E-state index in [2.05, 4.69) is 29.4 Å². The van der Waals surface area contributed by atoms with Gasteiger partial charge in [0.15, 0.2) is 0 Å². The molecular weight excluding hydrogens is 423 g/mol. The van der Waals surface area contributed by atoms with Gasteiger partial charge >= 0.3 is 0 Å². The van der Waals surface area contributed by atoms with Gasteiger partial charge in [-0.1, -0.05) is 12.6 Å². The number of ether oxygens (including phenoxy) is 2. The smallest absolute Gasteiger partial charge is 0.145 e. The molecule has 3 rings (SSSR count). The number of hydrogen-bond donors (Lipinski definition) is 0. The lowest BCUT2D eigenvalue weighted by molar-refractivity contribution is -0.106. The lowest BCUT2D eigenvalue weighted by atomic mass is 9.75. The molecule has 0 fully saturated rings. The predicted molar refractivity (Wildman–Crippen MR) is 111 cm³/mol. The molecular formula is C23H24BrFO3. The van der Waals surface area contributed by atoms with E-state index in [4.69, 9.17) is 9.47 Å². The van der Waals surface area contributed by atoms with E-state index in [9.17, 15) is 9.18 Å². The first-order valence-corrected chi connectivity index (χ1v) is 10.0. The zero-order valence-electron chi connectivity index (χ0n) is 16.4. The standard InChI is InChI=1S/C23H24BrFO3/c1-13-9-21(28-12-16-5-8-20(25)19(24)10-16)15(3)22-17(13)6-7-18(14(2)11-26)23(22)27-4/h5,8-11,18,23H,2,6-7,12H2,1,3-4H3/t18-,23+/m0/s1. The van der Waals surface area contributed by atoms with Crippen LogP contribution in [0.1, 0.15) is 40.3 Å². The van der Waals surface area contributed by atoms with Crippen molar-refractivity contribution in [2.75, 3.05) is 7.11 Å². The number of carbonyl (C=O) groups is 1. The molecule has 0 unspecified atom stereocenters. The largest absolute Gasteiger partial charge is 0.489 e. The number of hydrogen-bond acceptors (Lipinski definition) is 3. The zero-order valence-corrected chi connectivity index (χ0v) is 17.9. The van der Waals surface area contributed by atoms with Crippen LogP contribution in [0.4, 0.5) is 4.39 Å². The van der Waals surface area contributed by atoms with Gasteiger partial charge in [0.05, 0.1) is 10.6 Å². The van der Waals surface area contributed by atoms with E-state index in [1.54, 1.807) is 19.2 Å². The summed E-state index contributed by atoms with van der Waals surface area (Å²) in [6.07, 6.45) is 2.33. The molecule has 1 aliphatic carbocycles. The summed E-state index contributed by atoms with van der Waals surface area (Å²) in [5, 5.41) is 0. The van der Waals surface area contributed by atoms with E-state index < -0.39 is 0 Å². The van der Waals surface area contributed by atoms with Crippen LogP contribution in [0.25, 0.3) is 0 Å². The quantitative estimate of drug-likeness (QED) is 0.416. The second-order valence-electron chi connectivity index (χ2n) is 7.24. The van der Waals surface area contributed by atoms with Gasteiger partial charge in [0, 0.05) is 13.0 Å². The zero-order chi connectivity index (χ0) is 20.4. The molecule has 2 aromatic rings.